The van der Waals surface area contributed by atoms with Gasteiger partial charge in [-0.15, -0.1) is 0 Å². The Kier molecular flexibility index (Phi) is 10.3. The molecule has 15 heteroatoms. The number of nitrogens with one attached hydrogen (secondary N) is 3. The summed E-state index contributed by atoms with van der Waals surface area (Å²) in [6, 6.07) is 6.88. The average Bonchev–Trinajstić information content (AvgIpc) is 3.03. The predicted octanol–water partition coefficient (Wildman–Crippen LogP) is 5.31. The number of nitrogens with zero attached hydrogens (tertiary/aromatic N) is 2. The number of alkyl halides is 3. The van der Waals surface area contributed by atoms with Crippen molar-refractivity contribution < 1.29 is 46.2 Å². The lowest BCUT2D eigenvalue weighted by Crippen LogP contribution is -2.50. The molecule has 0 radical (unpaired) electrons. The topological polar surface area (TPSA) is 150 Å². The summed E-state index contributed by atoms with van der Waals surface area (Å²) in [5.74, 6) is -4.41. The van der Waals surface area contributed by atoms with Gasteiger partial charge in [-0.2, -0.15) is 14.0 Å². The van der Waals surface area contributed by atoms with Gasteiger partial charge in [0, 0.05) is 18.9 Å². The third-order valence-corrected chi connectivity index (χ3v) is 6.85. The van der Waals surface area contributed by atoms with Crippen molar-refractivity contribution in [2.75, 3.05) is 4.90 Å². The second-order valence-corrected chi connectivity index (χ2v) is 12.4. The first-order valence-electron chi connectivity index (χ1n) is 14.2. The third kappa shape index (κ3) is 8.99. The van der Waals surface area contributed by atoms with Gasteiger partial charge in [0.2, 0.25) is 5.91 Å². The average molecular weight is 662 g/mol. The summed E-state index contributed by atoms with van der Waals surface area (Å²) in [6.45, 7) is 11.0. The van der Waals surface area contributed by atoms with Gasteiger partial charge in [-0.25, -0.2) is 13.6 Å². The number of amides is 4. The number of carbonyl (C=O) groups is 4. The number of nitriles is 1. The van der Waals surface area contributed by atoms with Gasteiger partial charge < -0.3 is 19.7 Å². The number of rotatable bonds is 8. The van der Waals surface area contributed by atoms with E-state index in [4.69, 9.17) is 10.00 Å². The molecular formula is C32H35F4N5O6. The summed E-state index contributed by atoms with van der Waals surface area (Å²) in [4.78, 5) is 53.0. The van der Waals surface area contributed by atoms with Crippen LogP contribution in [-0.4, -0.2) is 41.6 Å². The maximum absolute atomic E-state index is 16.7. The maximum atomic E-state index is 16.7. The van der Waals surface area contributed by atoms with Crippen LogP contribution in [-0.2, 0) is 26.5 Å². The molecule has 4 amide bonds. The Morgan fingerprint density at radius 2 is 1.72 bits per heavy atom. The van der Waals surface area contributed by atoms with E-state index in [0.717, 1.165) is 17.0 Å². The number of ether oxygens (including phenoxy) is 2. The molecule has 0 fully saturated rings. The minimum Gasteiger partial charge on any atom is -0.444 e. The molecule has 11 nitrogen and oxygen atoms in total. The summed E-state index contributed by atoms with van der Waals surface area (Å²) < 4.78 is 68.7. The maximum Gasteiger partial charge on any atom is 0.408 e. The van der Waals surface area contributed by atoms with E-state index in [9.17, 15) is 28.0 Å². The van der Waals surface area contributed by atoms with E-state index in [-0.39, 0.29) is 18.0 Å². The zero-order chi connectivity index (χ0) is 35.5. The van der Waals surface area contributed by atoms with Crippen LogP contribution < -0.4 is 25.8 Å². The van der Waals surface area contributed by atoms with Crippen molar-refractivity contribution in [1.29, 1.82) is 5.26 Å². The molecule has 0 spiro atoms. The number of benzene rings is 2. The highest BCUT2D eigenvalue weighted by molar-refractivity contribution is 6.03. The molecule has 1 aliphatic heterocycles. The Hall–Kier alpha value is -5.13. The lowest BCUT2D eigenvalue weighted by Gasteiger charge is -2.27. The quantitative estimate of drug-likeness (QED) is 0.197. The molecule has 252 valence electrons. The number of halogens is 4. The summed E-state index contributed by atoms with van der Waals surface area (Å²) in [6.07, 6.45) is -4.42. The normalized spacial score (nSPS) is 18.2. The standard InChI is InChI=1S/C32H35F4N5O6/c1-8-32(36)15-23(38-28(45)47-29(2,3)4)26(43)41(16-18-9-11-19(12-10-18)46-31(7,34)35)24-13-20(22(33)14-21(24)32)25(42)39-40-27(44)30(5,6)17-37/h8-14,23H,1,15-16H2,2-7H3,(H,38,45)(H,39,42)(H,40,44). The Morgan fingerprint density at radius 3 is 2.26 bits per heavy atom. The van der Waals surface area contributed by atoms with Gasteiger partial charge in [-0.3, -0.25) is 25.2 Å². The highest BCUT2D eigenvalue weighted by atomic mass is 19.3. The molecule has 1 aliphatic rings. The molecule has 2 unspecified atom stereocenters. The molecule has 0 aliphatic carbocycles. The van der Waals surface area contributed by atoms with Gasteiger partial charge in [0.25, 0.3) is 11.8 Å². The molecule has 2 aromatic rings. The zero-order valence-corrected chi connectivity index (χ0v) is 26.6. The molecule has 0 bridgehead atoms. The zero-order valence-electron chi connectivity index (χ0n) is 26.6. The second kappa shape index (κ2) is 13.3. The summed E-state index contributed by atoms with van der Waals surface area (Å²) in [5, 5.41) is 11.5. The van der Waals surface area contributed by atoms with Crippen molar-refractivity contribution in [1.82, 2.24) is 16.2 Å². The minimum atomic E-state index is -3.47. The lowest BCUT2D eigenvalue weighted by atomic mass is 9.88. The van der Waals surface area contributed by atoms with Crippen molar-refractivity contribution in [3.8, 4) is 11.8 Å². The smallest absolute Gasteiger partial charge is 0.408 e. The number of hydrazine groups is 1. The first kappa shape index (κ1) is 36.3. The van der Waals surface area contributed by atoms with E-state index >= 15 is 8.78 Å². The summed E-state index contributed by atoms with van der Waals surface area (Å²) >= 11 is 0. The van der Waals surface area contributed by atoms with Crippen LogP contribution in [0.2, 0.25) is 0 Å². The second-order valence-electron chi connectivity index (χ2n) is 12.4. The fourth-order valence-corrected chi connectivity index (χ4v) is 4.45. The van der Waals surface area contributed by atoms with Crippen molar-refractivity contribution in [3.05, 3.63) is 71.6 Å². The number of anilines is 1. The Bertz CT molecular complexity index is 1610. The number of allylic oxidation sites excluding steroid dienone is 1. The van der Waals surface area contributed by atoms with E-state index in [1.165, 1.54) is 38.1 Å². The van der Waals surface area contributed by atoms with Crippen molar-refractivity contribution >= 4 is 29.5 Å². The van der Waals surface area contributed by atoms with Crippen LogP contribution in [0.1, 0.15) is 69.4 Å². The van der Waals surface area contributed by atoms with Gasteiger partial charge in [-0.1, -0.05) is 24.8 Å². The molecule has 3 N–H and O–H groups in total. The van der Waals surface area contributed by atoms with Crippen molar-refractivity contribution in [2.24, 2.45) is 5.41 Å². The number of hydrogen-bond donors (Lipinski definition) is 3. The van der Waals surface area contributed by atoms with E-state index < -0.39 is 76.0 Å². The number of hydrogen-bond acceptors (Lipinski definition) is 7. The van der Waals surface area contributed by atoms with Gasteiger partial charge in [-0.05, 0) is 64.4 Å². The van der Waals surface area contributed by atoms with Crippen LogP contribution in [0, 0.1) is 22.6 Å². The summed E-state index contributed by atoms with van der Waals surface area (Å²) in [7, 11) is 0. The molecule has 2 aromatic carbocycles. The first-order chi connectivity index (χ1) is 21.6. The first-order valence-corrected chi connectivity index (χ1v) is 14.2. The lowest BCUT2D eigenvalue weighted by molar-refractivity contribution is -0.159. The summed E-state index contributed by atoms with van der Waals surface area (Å²) in [5.41, 5.74) is -2.24. The van der Waals surface area contributed by atoms with Crippen LogP contribution >= 0.6 is 0 Å². The fourth-order valence-electron chi connectivity index (χ4n) is 4.45. The van der Waals surface area contributed by atoms with Crippen LogP contribution in [0.3, 0.4) is 0 Å². The molecule has 0 saturated carbocycles. The SMILES string of the molecule is C=CC1(F)CC(NC(=O)OC(C)(C)C)C(=O)N(Cc2ccc(OC(C)(F)F)cc2)c2cc(C(=O)NNC(=O)C(C)(C)C#N)c(F)cc21. The Labute approximate surface area is 268 Å². The van der Waals surface area contributed by atoms with Crippen LogP contribution in [0.15, 0.2) is 49.1 Å². The molecule has 0 saturated heterocycles. The van der Waals surface area contributed by atoms with Crippen LogP contribution in [0.5, 0.6) is 5.75 Å². The fraction of sp³-hybridized carbons (Fsp3) is 0.406. The van der Waals surface area contributed by atoms with Gasteiger partial charge >= 0.3 is 12.2 Å². The third-order valence-electron chi connectivity index (χ3n) is 6.85. The van der Waals surface area contributed by atoms with Crippen LogP contribution in [0.25, 0.3) is 0 Å². The van der Waals surface area contributed by atoms with E-state index in [2.05, 4.69) is 16.6 Å². The molecule has 47 heavy (non-hydrogen) atoms. The number of alkyl carbamates (subject to hydrolysis) is 1. The number of fused-ring (bicyclic) bond motifs is 1. The molecule has 0 aromatic heterocycles. The Morgan fingerprint density at radius 1 is 1.11 bits per heavy atom. The molecule has 2 atom stereocenters. The molecule has 3 rings (SSSR count). The van der Waals surface area contributed by atoms with Crippen LogP contribution in [0.4, 0.5) is 28.0 Å². The molecular weight excluding hydrogens is 626 g/mol. The van der Waals surface area contributed by atoms with Gasteiger partial charge in [0.05, 0.1) is 23.9 Å². The van der Waals surface area contributed by atoms with Gasteiger partial charge in [0.1, 0.15) is 28.6 Å². The highest BCUT2D eigenvalue weighted by Gasteiger charge is 2.45. The number of carbonyl (C=O) groups excluding carboxylic acids is 4. The largest absolute Gasteiger partial charge is 0.444 e. The van der Waals surface area contributed by atoms with Gasteiger partial charge in [0.15, 0.2) is 5.67 Å². The Balaban J connectivity index is 2.12. The minimum absolute atomic E-state index is 0.189. The van der Waals surface area contributed by atoms with Crippen molar-refractivity contribution in [2.45, 2.75) is 77.9 Å². The van der Waals surface area contributed by atoms with E-state index in [1.807, 2.05) is 10.9 Å². The monoisotopic (exact) mass is 661 g/mol. The van der Waals surface area contributed by atoms with E-state index in [0.29, 0.717) is 18.6 Å². The van der Waals surface area contributed by atoms with Crippen molar-refractivity contribution in [3.63, 3.8) is 0 Å². The van der Waals surface area contributed by atoms with E-state index in [1.54, 1.807) is 26.8 Å². The highest BCUT2D eigenvalue weighted by Crippen LogP contribution is 2.43. The molecule has 1 heterocycles. The predicted molar refractivity (Wildman–Crippen MR) is 161 cm³/mol.